The van der Waals surface area contributed by atoms with E-state index in [2.05, 4.69) is 5.32 Å². The van der Waals surface area contributed by atoms with E-state index in [-0.39, 0.29) is 18.0 Å². The van der Waals surface area contributed by atoms with Gasteiger partial charge in [-0.05, 0) is 18.1 Å². The maximum absolute atomic E-state index is 13.6. The van der Waals surface area contributed by atoms with E-state index >= 15 is 0 Å². The number of aliphatic hydroxyl groups excluding tert-OH is 1. The van der Waals surface area contributed by atoms with Crippen molar-refractivity contribution in [3.8, 4) is 6.07 Å². The highest BCUT2D eigenvalue weighted by Crippen LogP contribution is 2.15. The van der Waals surface area contributed by atoms with Crippen LogP contribution in [0, 0.1) is 28.9 Å². The molecule has 0 spiro atoms. The molecule has 0 bridgehead atoms. The molecule has 20 heavy (non-hydrogen) atoms. The first kappa shape index (κ1) is 16.1. The van der Waals surface area contributed by atoms with Crippen LogP contribution >= 0.6 is 0 Å². The van der Waals surface area contributed by atoms with Crippen LogP contribution < -0.4 is 5.32 Å². The summed E-state index contributed by atoms with van der Waals surface area (Å²) in [5.74, 6) is -3.19. The molecule has 2 unspecified atom stereocenters. The molecule has 0 saturated carbocycles. The van der Waals surface area contributed by atoms with Gasteiger partial charge in [-0.3, -0.25) is 4.79 Å². The van der Waals surface area contributed by atoms with Crippen molar-refractivity contribution >= 4 is 5.91 Å². The Bertz CT molecular complexity index is 517. The van der Waals surface area contributed by atoms with Gasteiger partial charge in [0.05, 0.1) is 17.7 Å². The van der Waals surface area contributed by atoms with E-state index < -0.39 is 29.2 Å². The van der Waals surface area contributed by atoms with Crippen LogP contribution in [0.25, 0.3) is 0 Å². The molecule has 0 saturated heterocycles. The third-order valence-electron chi connectivity index (χ3n) is 3.17. The number of aliphatic hydroxyl groups is 1. The number of hydrogen-bond acceptors (Lipinski definition) is 3. The van der Waals surface area contributed by atoms with Gasteiger partial charge in [0.15, 0.2) is 0 Å². The SMILES string of the molecule is CCC(C)C(O)CNC(=O)c1c(F)cc(C#N)cc1F. The van der Waals surface area contributed by atoms with Crippen LogP contribution in [0.4, 0.5) is 8.78 Å². The lowest BCUT2D eigenvalue weighted by molar-refractivity contribution is 0.0843. The van der Waals surface area contributed by atoms with Gasteiger partial charge in [0, 0.05) is 6.54 Å². The number of benzene rings is 1. The lowest BCUT2D eigenvalue weighted by Crippen LogP contribution is -2.36. The lowest BCUT2D eigenvalue weighted by Gasteiger charge is -2.17. The number of hydrogen-bond donors (Lipinski definition) is 2. The minimum atomic E-state index is -1.10. The summed E-state index contributed by atoms with van der Waals surface area (Å²) in [7, 11) is 0. The molecule has 2 N–H and O–H groups in total. The summed E-state index contributed by atoms with van der Waals surface area (Å²) < 4.78 is 27.2. The van der Waals surface area contributed by atoms with Gasteiger partial charge in [-0.25, -0.2) is 8.78 Å². The summed E-state index contributed by atoms with van der Waals surface area (Å²) in [6, 6.07) is 3.19. The maximum atomic E-state index is 13.6. The smallest absolute Gasteiger partial charge is 0.257 e. The highest BCUT2D eigenvalue weighted by Gasteiger charge is 2.20. The highest BCUT2D eigenvalue weighted by atomic mass is 19.1. The van der Waals surface area contributed by atoms with Gasteiger partial charge in [-0.15, -0.1) is 0 Å². The summed E-state index contributed by atoms with van der Waals surface area (Å²) in [5, 5.41) is 20.5. The second kappa shape index (κ2) is 6.96. The van der Waals surface area contributed by atoms with Gasteiger partial charge in [-0.1, -0.05) is 20.3 Å². The van der Waals surface area contributed by atoms with Crippen LogP contribution in [-0.2, 0) is 0 Å². The molecule has 0 aliphatic rings. The summed E-state index contributed by atoms with van der Waals surface area (Å²) in [6.45, 7) is 3.60. The zero-order valence-corrected chi connectivity index (χ0v) is 11.3. The first-order valence-corrected chi connectivity index (χ1v) is 6.26. The second-order valence-corrected chi connectivity index (χ2v) is 4.59. The van der Waals surface area contributed by atoms with Crippen LogP contribution in [-0.4, -0.2) is 23.7 Å². The number of halogens is 2. The molecule has 1 aromatic carbocycles. The minimum absolute atomic E-state index is 0.0361. The zero-order chi connectivity index (χ0) is 15.3. The molecule has 108 valence electrons. The Morgan fingerprint density at radius 1 is 1.45 bits per heavy atom. The van der Waals surface area contributed by atoms with Gasteiger partial charge >= 0.3 is 0 Å². The summed E-state index contributed by atoms with van der Waals surface area (Å²) in [4.78, 5) is 11.7. The number of nitriles is 1. The predicted molar refractivity (Wildman–Crippen MR) is 68.9 cm³/mol. The molecule has 0 fully saturated rings. The first-order valence-electron chi connectivity index (χ1n) is 6.26. The van der Waals surface area contributed by atoms with Crippen LogP contribution in [0.3, 0.4) is 0 Å². The minimum Gasteiger partial charge on any atom is -0.391 e. The Hall–Kier alpha value is -2.00. The van der Waals surface area contributed by atoms with E-state index in [1.807, 2.05) is 6.92 Å². The van der Waals surface area contributed by atoms with Crippen molar-refractivity contribution in [3.05, 3.63) is 34.9 Å². The molecule has 0 aliphatic heterocycles. The zero-order valence-electron chi connectivity index (χ0n) is 11.3. The fraction of sp³-hybridized carbons (Fsp3) is 0.429. The number of nitrogens with zero attached hydrogens (tertiary/aromatic N) is 1. The van der Waals surface area contributed by atoms with Gasteiger partial charge < -0.3 is 10.4 Å². The molecule has 0 aliphatic carbocycles. The summed E-state index contributed by atoms with van der Waals surface area (Å²) in [6.07, 6.45) is -0.0650. The number of nitrogens with one attached hydrogen (secondary N) is 1. The Morgan fingerprint density at radius 2 is 2.00 bits per heavy atom. The van der Waals surface area contributed by atoms with Crippen molar-refractivity contribution in [2.24, 2.45) is 5.92 Å². The van der Waals surface area contributed by atoms with E-state index in [9.17, 15) is 18.7 Å². The van der Waals surface area contributed by atoms with E-state index in [0.29, 0.717) is 0 Å². The standard InChI is InChI=1S/C14H16F2N2O2/c1-3-8(2)12(19)7-18-14(20)13-10(15)4-9(6-17)5-11(13)16/h4-5,8,12,19H,3,7H2,1-2H3,(H,18,20). The van der Waals surface area contributed by atoms with E-state index in [4.69, 9.17) is 5.26 Å². The lowest BCUT2D eigenvalue weighted by atomic mass is 10.0. The van der Waals surface area contributed by atoms with Crippen LogP contribution in [0.2, 0.25) is 0 Å². The van der Waals surface area contributed by atoms with Crippen molar-refractivity contribution in [1.29, 1.82) is 5.26 Å². The molecule has 1 rings (SSSR count). The monoisotopic (exact) mass is 282 g/mol. The average Bonchev–Trinajstić information content (AvgIpc) is 2.42. The molecule has 2 atom stereocenters. The van der Waals surface area contributed by atoms with E-state index in [0.717, 1.165) is 18.6 Å². The Labute approximate surface area is 116 Å². The van der Waals surface area contributed by atoms with Crippen LogP contribution in [0.1, 0.15) is 36.2 Å². The van der Waals surface area contributed by atoms with Gasteiger partial charge in [0.25, 0.3) is 5.91 Å². The predicted octanol–water partition coefficient (Wildman–Crippen LogP) is 1.97. The first-order chi connectivity index (χ1) is 9.40. The molecule has 1 amide bonds. The third-order valence-corrected chi connectivity index (χ3v) is 3.17. The molecular weight excluding hydrogens is 266 g/mol. The van der Waals surface area contributed by atoms with Crippen molar-refractivity contribution in [1.82, 2.24) is 5.32 Å². The van der Waals surface area contributed by atoms with Crippen molar-refractivity contribution < 1.29 is 18.7 Å². The summed E-state index contributed by atoms with van der Waals surface area (Å²) >= 11 is 0. The molecule has 0 aromatic heterocycles. The Morgan fingerprint density at radius 3 is 2.45 bits per heavy atom. The fourth-order valence-electron chi connectivity index (χ4n) is 1.61. The van der Waals surface area contributed by atoms with E-state index in [1.165, 1.54) is 0 Å². The largest absolute Gasteiger partial charge is 0.391 e. The molecule has 0 heterocycles. The fourth-order valence-corrected chi connectivity index (χ4v) is 1.61. The number of rotatable bonds is 5. The van der Waals surface area contributed by atoms with Crippen molar-refractivity contribution in [2.45, 2.75) is 26.4 Å². The van der Waals surface area contributed by atoms with Crippen LogP contribution in [0.5, 0.6) is 0 Å². The topological polar surface area (TPSA) is 73.1 Å². The van der Waals surface area contributed by atoms with Gasteiger partial charge in [0.2, 0.25) is 0 Å². The second-order valence-electron chi connectivity index (χ2n) is 4.59. The number of carbonyl (C=O) groups excluding carboxylic acids is 1. The molecule has 4 nitrogen and oxygen atoms in total. The molecule has 1 aromatic rings. The Balaban J connectivity index is 2.81. The van der Waals surface area contributed by atoms with Crippen LogP contribution in [0.15, 0.2) is 12.1 Å². The van der Waals surface area contributed by atoms with Crippen molar-refractivity contribution in [2.75, 3.05) is 6.54 Å². The maximum Gasteiger partial charge on any atom is 0.257 e. The molecule has 0 radical (unpaired) electrons. The molecular formula is C14H16F2N2O2. The Kier molecular flexibility index (Phi) is 5.59. The normalized spacial score (nSPS) is 13.4. The highest BCUT2D eigenvalue weighted by molar-refractivity contribution is 5.94. The van der Waals surface area contributed by atoms with Crippen molar-refractivity contribution in [3.63, 3.8) is 0 Å². The third kappa shape index (κ3) is 3.75. The summed E-state index contributed by atoms with van der Waals surface area (Å²) in [5.41, 5.74) is -0.948. The number of carbonyl (C=O) groups is 1. The molecule has 6 heteroatoms. The van der Waals surface area contributed by atoms with Gasteiger partial charge in [-0.2, -0.15) is 5.26 Å². The van der Waals surface area contributed by atoms with E-state index in [1.54, 1.807) is 13.0 Å². The number of amides is 1. The average molecular weight is 282 g/mol. The quantitative estimate of drug-likeness (QED) is 0.867. The van der Waals surface area contributed by atoms with Gasteiger partial charge in [0.1, 0.15) is 17.2 Å².